The molecular formula is C27H45BN2O6. The monoisotopic (exact) mass is 504 g/mol. The van der Waals surface area contributed by atoms with E-state index < -0.39 is 41.7 Å². The van der Waals surface area contributed by atoms with Gasteiger partial charge in [-0.1, -0.05) is 24.3 Å². The van der Waals surface area contributed by atoms with E-state index in [0.717, 1.165) is 11.0 Å². The number of rotatable bonds is 7. The van der Waals surface area contributed by atoms with Crippen LogP contribution in [0.2, 0.25) is 0 Å². The minimum atomic E-state index is -0.621. The topological polar surface area (TPSA) is 86.3 Å². The molecule has 0 saturated carbocycles. The highest BCUT2D eigenvalue weighted by Gasteiger charge is 2.51. The first-order valence-corrected chi connectivity index (χ1v) is 12.7. The molecule has 1 atom stereocenters. The van der Waals surface area contributed by atoms with E-state index in [9.17, 15) is 9.59 Å². The van der Waals surface area contributed by atoms with Crippen molar-refractivity contribution in [2.45, 2.75) is 111 Å². The summed E-state index contributed by atoms with van der Waals surface area (Å²) in [6, 6.07) is 7.69. The zero-order chi connectivity index (χ0) is 27.5. The Morgan fingerprint density at radius 1 is 0.944 bits per heavy atom. The van der Waals surface area contributed by atoms with Crippen molar-refractivity contribution < 1.29 is 28.4 Å². The number of nitrogens with zero attached hydrogens (tertiary/aromatic N) is 1. The van der Waals surface area contributed by atoms with Crippen LogP contribution in [0.25, 0.3) is 0 Å². The van der Waals surface area contributed by atoms with Gasteiger partial charge in [0.05, 0.1) is 17.2 Å². The molecule has 2 rings (SSSR count). The zero-order valence-electron chi connectivity index (χ0n) is 24.0. The van der Waals surface area contributed by atoms with Crippen molar-refractivity contribution in [2.24, 2.45) is 0 Å². The Balaban J connectivity index is 2.09. The summed E-state index contributed by atoms with van der Waals surface area (Å²) in [6.45, 7) is 21.8. The summed E-state index contributed by atoms with van der Waals surface area (Å²) in [5, 5.41) is 2.74. The minimum Gasteiger partial charge on any atom is -0.444 e. The first-order chi connectivity index (χ1) is 16.3. The molecule has 1 aromatic carbocycles. The molecule has 0 aromatic heterocycles. The average molecular weight is 504 g/mol. The highest BCUT2D eigenvalue weighted by atomic mass is 16.7. The van der Waals surface area contributed by atoms with Gasteiger partial charge in [0.25, 0.3) is 0 Å². The van der Waals surface area contributed by atoms with E-state index >= 15 is 0 Å². The van der Waals surface area contributed by atoms with Crippen molar-refractivity contribution in [2.75, 3.05) is 13.1 Å². The van der Waals surface area contributed by atoms with Gasteiger partial charge in [0.2, 0.25) is 0 Å². The van der Waals surface area contributed by atoms with Crippen molar-refractivity contribution >= 4 is 24.8 Å². The van der Waals surface area contributed by atoms with Crippen LogP contribution in [0, 0.1) is 0 Å². The van der Waals surface area contributed by atoms with Gasteiger partial charge >= 0.3 is 19.3 Å². The Hall–Kier alpha value is -2.26. The number of ether oxygens (including phenoxy) is 2. The van der Waals surface area contributed by atoms with Gasteiger partial charge in [0.15, 0.2) is 0 Å². The van der Waals surface area contributed by atoms with Gasteiger partial charge in [-0.2, -0.15) is 0 Å². The number of alkyl carbamates (subject to hydrolysis) is 1. The van der Waals surface area contributed by atoms with Crippen molar-refractivity contribution in [3.8, 4) is 0 Å². The number of carbonyl (C=O) groups excluding carboxylic acids is 2. The molecule has 0 unspecified atom stereocenters. The number of carbonyl (C=O) groups is 2. The van der Waals surface area contributed by atoms with Crippen LogP contribution in [0.1, 0.15) is 94.2 Å². The Bertz CT molecular complexity index is 886. The molecule has 1 aliphatic heterocycles. The third kappa shape index (κ3) is 8.41. The van der Waals surface area contributed by atoms with E-state index in [1.807, 2.05) is 100 Å². The second-order valence-electron chi connectivity index (χ2n) is 12.4. The van der Waals surface area contributed by atoms with E-state index in [1.165, 1.54) is 0 Å². The molecule has 8 nitrogen and oxygen atoms in total. The molecule has 9 heteroatoms. The van der Waals surface area contributed by atoms with Crippen LogP contribution in [-0.4, -0.2) is 59.7 Å². The maximum Gasteiger partial charge on any atom is 0.494 e. The molecule has 36 heavy (non-hydrogen) atoms. The molecule has 1 saturated heterocycles. The smallest absolute Gasteiger partial charge is 0.444 e. The lowest BCUT2D eigenvalue weighted by Gasteiger charge is -2.32. The highest BCUT2D eigenvalue weighted by Crippen LogP contribution is 2.36. The summed E-state index contributed by atoms with van der Waals surface area (Å²) < 4.78 is 23.3. The SMILES string of the molecule is C[C@@H](c1ccc(B2OC(C)(C)C(C)(C)O2)cc1)N(CCCNC(=O)OC(C)(C)C)C(=O)OC(C)(C)C. The van der Waals surface area contributed by atoms with E-state index in [1.54, 1.807) is 4.90 Å². The third-order valence-corrected chi connectivity index (χ3v) is 6.28. The second-order valence-corrected chi connectivity index (χ2v) is 12.4. The Kier molecular flexibility index (Phi) is 9.17. The maximum atomic E-state index is 13.1. The average Bonchev–Trinajstić information content (AvgIpc) is 2.92. The van der Waals surface area contributed by atoms with Crippen molar-refractivity contribution in [1.29, 1.82) is 0 Å². The summed E-state index contributed by atoms with van der Waals surface area (Å²) in [5.74, 6) is 0. The van der Waals surface area contributed by atoms with Crippen LogP contribution < -0.4 is 10.8 Å². The summed E-state index contributed by atoms with van der Waals surface area (Å²) in [5.41, 5.74) is -0.122. The molecule has 202 valence electrons. The minimum absolute atomic E-state index is 0.242. The summed E-state index contributed by atoms with van der Waals surface area (Å²) >= 11 is 0. The number of nitrogens with one attached hydrogen (secondary N) is 1. The van der Waals surface area contributed by atoms with Crippen molar-refractivity contribution in [3.63, 3.8) is 0 Å². The van der Waals surface area contributed by atoms with Crippen LogP contribution in [0.3, 0.4) is 0 Å². The summed E-state index contributed by atoms with van der Waals surface area (Å²) in [6.07, 6.45) is -0.325. The molecular weight excluding hydrogens is 459 g/mol. The molecule has 1 heterocycles. The fraction of sp³-hybridized carbons (Fsp3) is 0.704. The normalized spacial score (nSPS) is 17.9. The highest BCUT2D eigenvalue weighted by molar-refractivity contribution is 6.62. The Morgan fingerprint density at radius 2 is 1.44 bits per heavy atom. The van der Waals surface area contributed by atoms with Crippen molar-refractivity contribution in [3.05, 3.63) is 29.8 Å². The molecule has 1 N–H and O–H groups in total. The number of hydrogen-bond donors (Lipinski definition) is 1. The van der Waals surface area contributed by atoms with E-state index in [2.05, 4.69) is 5.32 Å². The molecule has 0 aliphatic carbocycles. The number of hydrogen-bond acceptors (Lipinski definition) is 6. The molecule has 0 radical (unpaired) electrons. The van der Waals surface area contributed by atoms with Crippen molar-refractivity contribution in [1.82, 2.24) is 10.2 Å². The zero-order valence-corrected chi connectivity index (χ0v) is 24.0. The van der Waals surface area contributed by atoms with Gasteiger partial charge in [0, 0.05) is 13.1 Å². The molecule has 0 spiro atoms. The lowest BCUT2D eigenvalue weighted by Crippen LogP contribution is -2.41. The summed E-state index contributed by atoms with van der Waals surface area (Å²) in [7, 11) is -0.444. The predicted molar refractivity (Wildman–Crippen MR) is 142 cm³/mol. The molecule has 0 bridgehead atoms. The van der Waals surface area contributed by atoms with Crippen LogP contribution in [-0.2, 0) is 18.8 Å². The van der Waals surface area contributed by atoms with Crippen LogP contribution in [0.5, 0.6) is 0 Å². The largest absolute Gasteiger partial charge is 0.494 e. The van der Waals surface area contributed by atoms with Crippen LogP contribution in [0.4, 0.5) is 9.59 Å². The quantitative estimate of drug-likeness (QED) is 0.406. The number of amides is 2. The second kappa shape index (κ2) is 11.0. The lowest BCUT2D eigenvalue weighted by atomic mass is 9.78. The van der Waals surface area contributed by atoms with Gasteiger partial charge in [-0.05, 0) is 93.6 Å². The fourth-order valence-corrected chi connectivity index (χ4v) is 3.61. The standard InChI is InChI=1S/C27H45BN2O6/c1-19(20-13-15-21(16-14-20)28-35-26(8,9)27(10,11)36-28)30(23(32)34-25(5,6)7)18-12-17-29-22(31)33-24(2,3)4/h13-16,19H,12,17-18H2,1-11H3,(H,29,31)/t19-/m0/s1. The molecule has 1 fully saturated rings. The molecule has 1 aliphatic rings. The lowest BCUT2D eigenvalue weighted by molar-refractivity contribution is 0.00578. The fourth-order valence-electron chi connectivity index (χ4n) is 3.61. The van der Waals surface area contributed by atoms with E-state index in [0.29, 0.717) is 19.5 Å². The van der Waals surface area contributed by atoms with Gasteiger partial charge in [-0.25, -0.2) is 9.59 Å². The summed E-state index contributed by atoms with van der Waals surface area (Å²) in [4.78, 5) is 26.7. The third-order valence-electron chi connectivity index (χ3n) is 6.28. The van der Waals surface area contributed by atoms with Crippen LogP contribution in [0.15, 0.2) is 24.3 Å². The first kappa shape index (κ1) is 30.0. The van der Waals surface area contributed by atoms with Crippen LogP contribution >= 0.6 is 0 Å². The first-order valence-electron chi connectivity index (χ1n) is 12.7. The maximum absolute atomic E-state index is 13.1. The Morgan fingerprint density at radius 3 is 1.92 bits per heavy atom. The van der Waals surface area contributed by atoms with Gasteiger partial charge in [-0.15, -0.1) is 0 Å². The molecule has 2 amide bonds. The number of benzene rings is 1. The van der Waals surface area contributed by atoms with Gasteiger partial charge < -0.3 is 29.0 Å². The van der Waals surface area contributed by atoms with Gasteiger partial charge in [0.1, 0.15) is 11.2 Å². The predicted octanol–water partition coefficient (Wildman–Crippen LogP) is 5.20. The van der Waals surface area contributed by atoms with E-state index in [4.69, 9.17) is 18.8 Å². The van der Waals surface area contributed by atoms with E-state index in [-0.39, 0.29) is 6.04 Å². The molecule has 1 aromatic rings. The van der Waals surface area contributed by atoms with Gasteiger partial charge in [-0.3, -0.25) is 0 Å². The Labute approximate surface area is 217 Å².